The Bertz CT molecular complexity index is 166. The van der Waals surface area contributed by atoms with Gasteiger partial charge in [0.25, 0.3) is 0 Å². The third kappa shape index (κ3) is 2.77. The number of thiocarbonyl (C=S) groups is 1. The van der Waals surface area contributed by atoms with Crippen LogP contribution >= 0.6 is 12.2 Å². The van der Waals surface area contributed by atoms with Crippen molar-refractivity contribution < 1.29 is 13.2 Å². The van der Waals surface area contributed by atoms with Gasteiger partial charge in [0.2, 0.25) is 0 Å². The summed E-state index contributed by atoms with van der Waals surface area (Å²) in [4.78, 5) is 0. The molecule has 0 rings (SSSR count). The number of hydrogen-bond acceptors (Lipinski definition) is 1. The predicted molar refractivity (Wildman–Crippen MR) is 38.0 cm³/mol. The molecule has 0 spiro atoms. The average molecular weight is 166 g/mol. The maximum Gasteiger partial charge on any atom is 0.417 e. The van der Waals surface area contributed by atoms with Crippen LogP contribution < -0.4 is 0 Å². The van der Waals surface area contributed by atoms with Crippen LogP contribution in [-0.4, -0.2) is 11.5 Å². The molecule has 4 heteroatoms. The van der Waals surface area contributed by atoms with E-state index in [1.165, 1.54) is 0 Å². The molecule has 0 aromatic heterocycles. The quantitative estimate of drug-likeness (QED) is 0.345. The minimum atomic E-state index is -4.35. The lowest BCUT2D eigenvalue weighted by Crippen LogP contribution is -2.11. The SMILES string of the molecule is C=C/C=C(\C=S)C(F)(F)F. The fraction of sp³-hybridized carbons (Fsp3) is 0.167. The fourth-order valence-electron chi connectivity index (χ4n) is 0.328. The maximum absolute atomic E-state index is 11.7. The summed E-state index contributed by atoms with van der Waals surface area (Å²) < 4.78 is 35.1. The molecule has 0 atom stereocenters. The van der Waals surface area contributed by atoms with Crippen LogP contribution in [0.3, 0.4) is 0 Å². The molecule has 0 nitrogen and oxygen atoms in total. The highest BCUT2D eigenvalue weighted by atomic mass is 32.1. The molecule has 0 saturated heterocycles. The number of rotatable bonds is 2. The van der Waals surface area contributed by atoms with Gasteiger partial charge in [0.05, 0.1) is 5.57 Å². The molecule has 0 bridgehead atoms. The molecular formula is C6H5F3S. The van der Waals surface area contributed by atoms with Crippen molar-refractivity contribution in [2.75, 3.05) is 0 Å². The third-order valence-corrected chi connectivity index (χ3v) is 1.01. The number of alkyl halides is 3. The van der Waals surface area contributed by atoms with E-state index >= 15 is 0 Å². The minimum Gasteiger partial charge on any atom is -0.166 e. The molecule has 0 aliphatic rings. The second-order valence-electron chi connectivity index (χ2n) is 1.47. The van der Waals surface area contributed by atoms with Crippen LogP contribution in [-0.2, 0) is 0 Å². The molecule has 0 fully saturated rings. The van der Waals surface area contributed by atoms with Crippen molar-refractivity contribution in [3.63, 3.8) is 0 Å². The van der Waals surface area contributed by atoms with Crippen LogP contribution in [0, 0.1) is 0 Å². The topological polar surface area (TPSA) is 0 Å². The second kappa shape index (κ2) is 3.51. The van der Waals surface area contributed by atoms with Crippen molar-refractivity contribution in [1.29, 1.82) is 0 Å². The Morgan fingerprint density at radius 2 is 1.90 bits per heavy atom. The molecule has 10 heavy (non-hydrogen) atoms. The first-order valence-corrected chi connectivity index (χ1v) is 2.84. The second-order valence-corrected chi connectivity index (χ2v) is 1.71. The Balaban J connectivity index is 4.51. The highest BCUT2D eigenvalue weighted by Gasteiger charge is 2.31. The zero-order valence-electron chi connectivity index (χ0n) is 4.98. The van der Waals surface area contributed by atoms with Gasteiger partial charge in [-0.15, -0.1) is 0 Å². The van der Waals surface area contributed by atoms with E-state index in [4.69, 9.17) is 0 Å². The van der Waals surface area contributed by atoms with Crippen molar-refractivity contribution in [3.05, 3.63) is 24.3 Å². The lowest BCUT2D eigenvalue weighted by molar-refractivity contribution is -0.0853. The largest absolute Gasteiger partial charge is 0.417 e. The molecule has 0 radical (unpaired) electrons. The van der Waals surface area contributed by atoms with E-state index < -0.39 is 11.7 Å². The fourth-order valence-corrected chi connectivity index (χ4v) is 0.540. The molecule has 0 aromatic carbocycles. The van der Waals surface area contributed by atoms with Crippen molar-refractivity contribution in [1.82, 2.24) is 0 Å². The number of allylic oxidation sites excluding steroid dienone is 3. The highest BCUT2D eigenvalue weighted by Crippen LogP contribution is 2.23. The van der Waals surface area contributed by atoms with Crippen LogP contribution in [0.25, 0.3) is 0 Å². The summed E-state index contributed by atoms with van der Waals surface area (Å²) in [6.07, 6.45) is -2.48. The zero-order valence-corrected chi connectivity index (χ0v) is 5.80. The van der Waals surface area contributed by atoms with Gasteiger partial charge in [-0.05, 0) is 6.08 Å². The maximum atomic E-state index is 11.7. The van der Waals surface area contributed by atoms with Crippen molar-refractivity contribution in [2.45, 2.75) is 6.18 Å². The van der Waals surface area contributed by atoms with Crippen LogP contribution in [0.4, 0.5) is 13.2 Å². The van der Waals surface area contributed by atoms with Crippen LogP contribution in [0.5, 0.6) is 0 Å². The Morgan fingerprint density at radius 3 is 2.00 bits per heavy atom. The number of hydrogen-bond donors (Lipinski definition) is 0. The highest BCUT2D eigenvalue weighted by molar-refractivity contribution is 7.79. The van der Waals surface area contributed by atoms with Crippen molar-refractivity contribution in [3.8, 4) is 0 Å². The van der Waals surface area contributed by atoms with Crippen molar-refractivity contribution >= 4 is 17.6 Å². The Hall–Kier alpha value is -0.640. The van der Waals surface area contributed by atoms with Crippen LogP contribution in [0.2, 0.25) is 0 Å². The summed E-state index contributed by atoms with van der Waals surface area (Å²) in [5, 5.41) is 0.585. The van der Waals surface area contributed by atoms with E-state index in [9.17, 15) is 13.2 Å². The molecule has 0 amide bonds. The van der Waals surface area contributed by atoms with E-state index in [0.717, 1.165) is 12.2 Å². The van der Waals surface area contributed by atoms with Crippen molar-refractivity contribution in [2.24, 2.45) is 0 Å². The molecule has 0 N–H and O–H groups in total. The van der Waals surface area contributed by atoms with E-state index in [2.05, 4.69) is 18.8 Å². The first-order valence-electron chi connectivity index (χ1n) is 2.37. The molecule has 56 valence electrons. The van der Waals surface area contributed by atoms with Gasteiger partial charge in [0.1, 0.15) is 0 Å². The number of halogens is 3. The van der Waals surface area contributed by atoms with Crippen LogP contribution in [0.15, 0.2) is 24.3 Å². The Morgan fingerprint density at radius 1 is 1.40 bits per heavy atom. The standard InChI is InChI=1S/C6H5F3S/c1-2-3-5(4-10)6(7,8)9/h2-4H,1H2/b5-3+. The predicted octanol–water partition coefficient (Wildman–Crippen LogP) is 2.66. The Kier molecular flexibility index (Phi) is 3.28. The van der Waals surface area contributed by atoms with Gasteiger partial charge in [-0.25, -0.2) is 0 Å². The first kappa shape index (κ1) is 9.36. The van der Waals surface area contributed by atoms with Gasteiger partial charge >= 0.3 is 6.18 Å². The lowest BCUT2D eigenvalue weighted by atomic mass is 10.3. The summed E-state index contributed by atoms with van der Waals surface area (Å²) in [5.41, 5.74) is -0.850. The zero-order chi connectivity index (χ0) is 8.20. The molecule has 0 unspecified atom stereocenters. The normalized spacial score (nSPS) is 12.9. The lowest BCUT2D eigenvalue weighted by Gasteiger charge is -2.03. The van der Waals surface area contributed by atoms with Gasteiger partial charge < -0.3 is 0 Å². The summed E-state index contributed by atoms with van der Waals surface area (Å²) in [7, 11) is 0. The molecule has 0 aromatic rings. The summed E-state index contributed by atoms with van der Waals surface area (Å²) in [6.45, 7) is 3.12. The van der Waals surface area contributed by atoms with Gasteiger partial charge in [-0.1, -0.05) is 24.9 Å². The summed E-state index contributed by atoms with van der Waals surface area (Å²) >= 11 is 4.13. The smallest absolute Gasteiger partial charge is 0.166 e. The van der Waals surface area contributed by atoms with Gasteiger partial charge in [-0.3, -0.25) is 0 Å². The van der Waals surface area contributed by atoms with E-state index in [0.29, 0.717) is 5.37 Å². The molecule has 0 heterocycles. The average Bonchev–Trinajstić information content (AvgIpc) is 1.80. The molecule has 0 aliphatic carbocycles. The third-order valence-electron chi connectivity index (χ3n) is 0.752. The minimum absolute atomic E-state index is 0.585. The van der Waals surface area contributed by atoms with Gasteiger partial charge in [-0.2, -0.15) is 13.2 Å². The molecule has 0 aliphatic heterocycles. The monoisotopic (exact) mass is 166 g/mol. The Labute approximate surface area is 62.0 Å². The summed E-state index contributed by atoms with van der Waals surface area (Å²) in [6, 6.07) is 0. The van der Waals surface area contributed by atoms with Gasteiger partial charge in [0.15, 0.2) is 0 Å². The molecular weight excluding hydrogens is 161 g/mol. The molecule has 0 saturated carbocycles. The van der Waals surface area contributed by atoms with Gasteiger partial charge in [0, 0.05) is 5.37 Å². The van der Waals surface area contributed by atoms with Crippen LogP contribution in [0.1, 0.15) is 0 Å². The van der Waals surface area contributed by atoms with E-state index in [1.807, 2.05) is 0 Å². The first-order chi connectivity index (χ1) is 4.52. The van der Waals surface area contributed by atoms with E-state index in [-0.39, 0.29) is 0 Å². The summed E-state index contributed by atoms with van der Waals surface area (Å²) in [5.74, 6) is 0. The van der Waals surface area contributed by atoms with E-state index in [1.54, 1.807) is 0 Å².